The van der Waals surface area contributed by atoms with Gasteiger partial charge in [0.15, 0.2) is 23.2 Å². The highest BCUT2D eigenvalue weighted by Gasteiger charge is 2.33. The van der Waals surface area contributed by atoms with Gasteiger partial charge in [-0.25, -0.2) is 45.7 Å². The van der Waals surface area contributed by atoms with Crippen LogP contribution >= 0.6 is 11.6 Å². The van der Waals surface area contributed by atoms with E-state index >= 15 is 0 Å². The van der Waals surface area contributed by atoms with Gasteiger partial charge in [0.2, 0.25) is 10.0 Å². The number of para-hydroxylation sites is 1. The number of sulfonamides is 1. The Balaban J connectivity index is 0.000000119. The van der Waals surface area contributed by atoms with Crippen molar-refractivity contribution in [2.45, 2.75) is 63.5 Å². The summed E-state index contributed by atoms with van der Waals surface area (Å²) in [7, 11) is -6.71. The van der Waals surface area contributed by atoms with Crippen molar-refractivity contribution in [3.05, 3.63) is 269 Å². The van der Waals surface area contributed by atoms with E-state index in [-0.39, 0.29) is 64.2 Å². The lowest BCUT2D eigenvalue weighted by Gasteiger charge is -2.29. The molecule has 6 aromatic carbocycles. The maximum atomic E-state index is 13.1. The molecule has 4 aliphatic rings. The quantitative estimate of drug-likeness (QED) is 0.0222. The molecule has 2 atom stereocenters. The highest BCUT2D eigenvalue weighted by molar-refractivity contribution is 7.88. The first-order valence-electron chi connectivity index (χ1n) is 35.9. The van der Waals surface area contributed by atoms with Crippen LogP contribution in [-0.4, -0.2) is 146 Å². The highest BCUT2D eigenvalue weighted by Crippen LogP contribution is 2.43. The molecule has 14 aromatic rings. The lowest BCUT2D eigenvalue weighted by molar-refractivity contribution is 0.0686. The van der Waals surface area contributed by atoms with Crippen LogP contribution in [0.25, 0.3) is 90.3 Å². The van der Waals surface area contributed by atoms with Crippen LogP contribution in [-0.2, 0) is 20.2 Å². The van der Waals surface area contributed by atoms with E-state index in [1.54, 1.807) is 48.3 Å². The summed E-state index contributed by atoms with van der Waals surface area (Å²) in [5, 5.41) is 49.2. The number of tetrazole rings is 1. The van der Waals surface area contributed by atoms with E-state index in [4.69, 9.17) is 27.7 Å². The van der Waals surface area contributed by atoms with E-state index in [1.807, 2.05) is 91.8 Å². The zero-order chi connectivity index (χ0) is 79.2. The van der Waals surface area contributed by atoms with Gasteiger partial charge in [-0.3, -0.25) is 15.7 Å². The van der Waals surface area contributed by atoms with Gasteiger partial charge in [-0.1, -0.05) is 104 Å². The van der Waals surface area contributed by atoms with Crippen molar-refractivity contribution in [2.24, 2.45) is 16.0 Å². The molecule has 2 unspecified atom stereocenters. The highest BCUT2D eigenvalue weighted by atomic mass is 35.5. The Hall–Kier alpha value is -12.0. The SMILES string of the molecule is CS(=O)(=O)N1CC=C(c2c[nH]c3ccccc23)CC1.Fc1ccc2c(/C=C/c3cccnc3)c[nH]c2c1.Fc1ccc2c(/C=C/c3nn[nH]n3)c[nH]c2c1.NS(=O)(=O)N1CC=C(c2c[nH]c3cc(F)ccc23)CC1.Nc1nonc1C(=Nc1cc(F)cc(Cl)c1)NO.OC(CC1c2ccccc2-c2cncn21)C1CCCCC1. The number of hydroxylamine groups is 1. The van der Waals surface area contributed by atoms with Crippen LogP contribution in [0.2, 0.25) is 5.02 Å². The van der Waals surface area contributed by atoms with E-state index in [2.05, 4.69) is 105 Å². The molecule has 11 heterocycles. The summed E-state index contributed by atoms with van der Waals surface area (Å²) < 4.78 is 107. The predicted molar refractivity (Wildman–Crippen MR) is 430 cm³/mol. The first kappa shape index (κ1) is 79.1. The number of aliphatic hydroxyl groups excluding tert-OH is 1. The number of nitrogen functional groups attached to an aromatic ring is 1. The Bertz CT molecular complexity index is 6010. The molecule has 582 valence electrons. The molecule has 26 nitrogen and oxygen atoms in total. The van der Waals surface area contributed by atoms with Gasteiger partial charge < -0.3 is 35.3 Å². The molecule has 0 saturated heterocycles. The smallest absolute Gasteiger partial charge is 0.277 e. The number of halogens is 5. The number of nitrogens with one attached hydrogen (secondary N) is 6. The molecule has 18 rings (SSSR count). The van der Waals surface area contributed by atoms with Crippen molar-refractivity contribution in [3.63, 3.8) is 0 Å². The van der Waals surface area contributed by atoms with Crippen molar-refractivity contribution < 1.29 is 49.3 Å². The van der Waals surface area contributed by atoms with Crippen LogP contribution in [0.3, 0.4) is 0 Å². The molecule has 1 aliphatic carbocycles. The van der Waals surface area contributed by atoms with Gasteiger partial charge in [-0.15, -0.1) is 10.2 Å². The summed E-state index contributed by atoms with van der Waals surface area (Å²) in [4.78, 5) is 24.6. The van der Waals surface area contributed by atoms with E-state index in [0.29, 0.717) is 37.8 Å². The summed E-state index contributed by atoms with van der Waals surface area (Å²) >= 11 is 5.67. The Morgan fingerprint density at radius 2 is 1.28 bits per heavy atom. The average molecular weight is 1590 g/mol. The van der Waals surface area contributed by atoms with Gasteiger partial charge in [0.1, 0.15) is 23.3 Å². The third-order valence-corrected chi connectivity index (χ3v) is 22.1. The van der Waals surface area contributed by atoms with Gasteiger partial charge in [-0.2, -0.15) is 22.2 Å². The van der Waals surface area contributed by atoms with Crippen molar-refractivity contribution >= 4 is 128 Å². The maximum absolute atomic E-state index is 13.1. The lowest BCUT2D eigenvalue weighted by Crippen LogP contribution is -2.39. The molecule has 113 heavy (non-hydrogen) atoms. The molecule has 0 bridgehead atoms. The molecule has 0 amide bonds. The monoisotopic (exact) mass is 1590 g/mol. The van der Waals surface area contributed by atoms with Crippen LogP contribution in [0.1, 0.15) is 102 Å². The molecule has 1 fully saturated rings. The summed E-state index contributed by atoms with van der Waals surface area (Å²) in [6, 6.07) is 38.4. The number of rotatable bonds is 13. The first-order chi connectivity index (χ1) is 54.6. The normalized spacial score (nSPS) is 15.7. The summed E-state index contributed by atoms with van der Waals surface area (Å²) in [5.74, 6) is -0.568. The van der Waals surface area contributed by atoms with Crippen molar-refractivity contribution in [3.8, 4) is 11.3 Å². The van der Waals surface area contributed by atoms with Crippen molar-refractivity contribution in [2.75, 3.05) is 38.2 Å². The number of nitrogens with two attached hydrogens (primary N) is 2. The maximum Gasteiger partial charge on any atom is 0.277 e. The number of benzene rings is 6. The van der Waals surface area contributed by atoms with Gasteiger partial charge >= 0.3 is 0 Å². The second-order valence-corrected chi connectivity index (χ2v) is 30.9. The zero-order valence-corrected chi connectivity index (χ0v) is 63.1. The zero-order valence-electron chi connectivity index (χ0n) is 60.7. The number of anilines is 1. The number of amidine groups is 1. The summed E-state index contributed by atoms with van der Waals surface area (Å²) in [5.41, 5.74) is 22.0. The van der Waals surface area contributed by atoms with Crippen LogP contribution in [0.4, 0.5) is 29.1 Å². The molecule has 1 saturated carbocycles. The first-order valence-corrected chi connectivity index (χ1v) is 39.6. The Morgan fingerprint density at radius 1 is 0.673 bits per heavy atom. The van der Waals surface area contributed by atoms with E-state index in [0.717, 1.165) is 91.0 Å². The number of pyridine rings is 1. The van der Waals surface area contributed by atoms with E-state index in [1.165, 1.54) is 123 Å². The molecule has 0 radical (unpaired) electrons. The number of nitrogens with zero attached hydrogens (tertiary/aromatic N) is 11. The van der Waals surface area contributed by atoms with E-state index in [9.17, 15) is 39.5 Å². The Morgan fingerprint density at radius 3 is 1.88 bits per heavy atom. The Kier molecular flexibility index (Phi) is 25.2. The number of fused-ring (bicyclic) bond motifs is 7. The van der Waals surface area contributed by atoms with E-state index < -0.39 is 26.0 Å². The topological polar surface area (TPSA) is 379 Å². The van der Waals surface area contributed by atoms with Gasteiger partial charge in [-0.05, 0) is 184 Å². The van der Waals surface area contributed by atoms with Crippen LogP contribution in [0, 0.1) is 29.2 Å². The molecule has 0 spiro atoms. The van der Waals surface area contributed by atoms with Gasteiger partial charge in [0.05, 0.1) is 42.3 Å². The fourth-order valence-electron chi connectivity index (χ4n) is 13.9. The summed E-state index contributed by atoms with van der Waals surface area (Å²) in [6.07, 6.45) is 35.8. The van der Waals surface area contributed by atoms with Crippen molar-refractivity contribution in [1.29, 1.82) is 0 Å². The number of aliphatic imine (C=N–C) groups is 1. The second kappa shape index (κ2) is 36.0. The third kappa shape index (κ3) is 19.8. The number of aromatic amines is 5. The standard InChI is InChI=1S/C18H22N2O.C15H11FN2.C14H16N2O2S.C13H14FN3O2S.C11H8FN5.C9H7ClFN5O2/c21-18(13-6-2-1-3-7-13)10-16-14-8-4-5-9-15(14)17-11-19-12-20(16)17;16-13-5-6-14-12(10-18-15(14)8-13)4-3-11-2-1-7-17-9-11;1-19(17,18)16-8-6-11(7-9-16)13-10-15-14-5-3-2-4-12(13)14;14-10-1-2-11-12(8-16-13(11)7-10)9-3-5-17(6-4-9)20(15,18)19;12-8-2-3-9-7(6-13-10(9)5-8)1-4-11-14-16-17-15-11;10-4-1-5(11)3-6(2-4)13-9(14-17)7-8(12)16-18-15-7/h4-5,8-9,11-13,16,18,21H,1-3,6-7,10H2;1-10,18H;2-6,10,15H,7-9H2,1H3;1-3,7-8,16H,4-6H2,(H2,15,18,19);1-6,13H,(H,14,15,16,17);1-3,17H,(H2,12,16)(H,13,14)/b;4-3+;;;4-1+;. The molecule has 12 N–H and O–H groups in total. The van der Waals surface area contributed by atoms with Crippen LogP contribution in [0.15, 0.2) is 205 Å². The number of imidazole rings is 1. The molecule has 3 aliphatic heterocycles. The number of hydrogen-bond acceptors (Lipinski definition) is 16. The lowest BCUT2D eigenvalue weighted by atomic mass is 9.82. The number of aliphatic hydroxyl groups is 1. The number of hydrogen-bond donors (Lipinski definition) is 10. The second-order valence-electron chi connectivity index (χ2n) is 26.9. The largest absolute Gasteiger partial charge is 0.393 e. The minimum absolute atomic E-state index is 0.00196. The van der Waals surface area contributed by atoms with Gasteiger partial charge in [0.25, 0.3) is 10.2 Å². The molecule has 33 heteroatoms. The minimum atomic E-state index is -3.63. The van der Waals surface area contributed by atoms with Crippen molar-refractivity contribution in [1.82, 2.24) is 79.5 Å². The van der Waals surface area contributed by atoms with Crippen LogP contribution < -0.4 is 16.4 Å². The third-order valence-electron chi connectivity index (χ3n) is 19.6. The van der Waals surface area contributed by atoms with Gasteiger partial charge in [0, 0.05) is 129 Å². The Labute approximate surface area is 650 Å². The molecular formula is C80H78ClF4N19O7S2. The fourth-order valence-corrected chi connectivity index (χ4v) is 15.6. The average Bonchev–Trinajstić information content (AvgIpc) is 1.61. The predicted octanol–water partition coefficient (Wildman–Crippen LogP) is 15.0. The number of aromatic nitrogens is 13. The molecule has 8 aromatic heterocycles. The minimum Gasteiger partial charge on any atom is -0.393 e. The van der Waals surface area contributed by atoms with Crippen LogP contribution in [0.5, 0.6) is 0 Å². The number of H-pyrrole nitrogens is 5. The molecular weight excluding hydrogens is 1510 g/mol. The fraction of sp³-hybridized carbons (Fsp3) is 0.200. The summed E-state index contributed by atoms with van der Waals surface area (Å²) in [6.45, 7) is 1.65.